The van der Waals surface area contributed by atoms with Gasteiger partial charge in [-0.3, -0.25) is 0 Å². The fourth-order valence-corrected chi connectivity index (χ4v) is 3.72. The summed E-state index contributed by atoms with van der Waals surface area (Å²) in [6.07, 6.45) is 2.07. The van der Waals surface area contributed by atoms with Gasteiger partial charge in [0.2, 0.25) is 0 Å². The number of aromatic nitrogens is 1. The Morgan fingerprint density at radius 3 is 2.52 bits per heavy atom. The summed E-state index contributed by atoms with van der Waals surface area (Å²) in [6.45, 7) is -0.225. The molecule has 0 fully saturated rings. The van der Waals surface area contributed by atoms with Crippen molar-refractivity contribution in [3.8, 4) is 5.75 Å². The summed E-state index contributed by atoms with van der Waals surface area (Å²) in [7, 11) is 0. The van der Waals surface area contributed by atoms with Gasteiger partial charge in [-0.25, -0.2) is 22.9 Å². The first-order valence-corrected chi connectivity index (χ1v) is 9.72. The van der Waals surface area contributed by atoms with Gasteiger partial charge in [0.15, 0.2) is 0 Å². The molecule has 158 valence electrons. The molecule has 1 aliphatic carbocycles. The van der Waals surface area contributed by atoms with Gasteiger partial charge in [-0.05, 0) is 78.9 Å². The number of aromatic carboxylic acids is 1. The summed E-state index contributed by atoms with van der Waals surface area (Å²) in [5, 5.41) is 9.23. The number of halogens is 3. The van der Waals surface area contributed by atoms with Crippen molar-refractivity contribution in [2.45, 2.75) is 25.9 Å². The van der Waals surface area contributed by atoms with E-state index in [9.17, 15) is 23.1 Å². The summed E-state index contributed by atoms with van der Waals surface area (Å²) in [5.41, 5.74) is 2.59. The van der Waals surface area contributed by atoms with Crippen LogP contribution >= 0.6 is 0 Å². The van der Waals surface area contributed by atoms with E-state index in [4.69, 9.17) is 4.74 Å². The molecule has 0 saturated carbocycles. The lowest BCUT2D eigenvalue weighted by molar-refractivity contribution is 0.0690. The summed E-state index contributed by atoms with van der Waals surface area (Å²) in [6, 6.07) is 11.9. The standard InChI is InChI=1S/C24H18F3NO3/c25-15-7-9-20(27)14(11-15)13-31-23-10-8-16(26)12-19(23)17-3-1-4-18(17)21-5-2-6-22(28-21)24(29)30/h2,5-12H,1,3-4,13H2,(H,29,30). The molecular weight excluding hydrogens is 407 g/mol. The molecule has 1 aliphatic rings. The Hall–Kier alpha value is -3.61. The quantitative estimate of drug-likeness (QED) is 0.537. The molecule has 0 radical (unpaired) electrons. The van der Waals surface area contributed by atoms with Gasteiger partial charge in [0.05, 0.1) is 5.69 Å². The Morgan fingerprint density at radius 2 is 1.71 bits per heavy atom. The van der Waals surface area contributed by atoms with E-state index in [2.05, 4.69) is 4.98 Å². The first-order chi connectivity index (χ1) is 14.9. The Kier molecular flexibility index (Phi) is 5.75. The van der Waals surface area contributed by atoms with Crippen LogP contribution in [0.4, 0.5) is 13.2 Å². The molecule has 3 aromatic rings. The molecule has 0 saturated heterocycles. The zero-order valence-electron chi connectivity index (χ0n) is 16.4. The Bertz CT molecular complexity index is 1190. The minimum atomic E-state index is -1.13. The van der Waals surface area contributed by atoms with E-state index in [1.54, 1.807) is 12.1 Å². The van der Waals surface area contributed by atoms with Crippen molar-refractivity contribution in [1.29, 1.82) is 0 Å². The molecule has 0 amide bonds. The zero-order chi connectivity index (χ0) is 22.0. The van der Waals surface area contributed by atoms with E-state index in [-0.39, 0.29) is 17.9 Å². The highest BCUT2D eigenvalue weighted by Gasteiger charge is 2.23. The molecule has 31 heavy (non-hydrogen) atoms. The molecule has 0 aliphatic heterocycles. The molecule has 1 N–H and O–H groups in total. The molecule has 0 atom stereocenters. The lowest BCUT2D eigenvalue weighted by Crippen LogP contribution is -2.03. The van der Waals surface area contributed by atoms with E-state index in [0.29, 0.717) is 29.8 Å². The van der Waals surface area contributed by atoms with Crippen LogP contribution in [0, 0.1) is 17.5 Å². The van der Waals surface area contributed by atoms with E-state index < -0.39 is 23.4 Å². The van der Waals surface area contributed by atoms with Crippen LogP contribution in [-0.2, 0) is 6.61 Å². The molecule has 0 spiro atoms. The molecule has 0 bridgehead atoms. The van der Waals surface area contributed by atoms with Gasteiger partial charge in [0, 0.05) is 11.1 Å². The van der Waals surface area contributed by atoms with E-state index in [0.717, 1.165) is 35.8 Å². The molecule has 4 rings (SSSR count). The predicted molar refractivity (Wildman–Crippen MR) is 109 cm³/mol. The second-order valence-electron chi connectivity index (χ2n) is 7.19. The number of hydrogen-bond donors (Lipinski definition) is 1. The monoisotopic (exact) mass is 425 g/mol. The van der Waals surface area contributed by atoms with Crippen molar-refractivity contribution in [3.05, 3.63) is 94.6 Å². The van der Waals surface area contributed by atoms with Crippen LogP contribution < -0.4 is 4.74 Å². The number of carboxylic acid groups (broad SMARTS) is 1. The molecule has 0 unspecified atom stereocenters. The third kappa shape index (κ3) is 4.45. The number of nitrogens with zero attached hydrogens (tertiary/aromatic N) is 1. The van der Waals surface area contributed by atoms with Crippen molar-refractivity contribution in [2.75, 3.05) is 0 Å². The normalized spacial score (nSPS) is 13.5. The zero-order valence-corrected chi connectivity index (χ0v) is 16.4. The number of allylic oxidation sites excluding steroid dienone is 2. The van der Waals surface area contributed by atoms with E-state index in [1.807, 2.05) is 0 Å². The van der Waals surface area contributed by atoms with E-state index >= 15 is 0 Å². The number of pyridine rings is 1. The third-order valence-corrected chi connectivity index (χ3v) is 5.15. The third-order valence-electron chi connectivity index (χ3n) is 5.15. The van der Waals surface area contributed by atoms with Gasteiger partial charge in [0.25, 0.3) is 0 Å². The van der Waals surface area contributed by atoms with Crippen LogP contribution in [0.25, 0.3) is 11.1 Å². The first-order valence-electron chi connectivity index (χ1n) is 9.72. The SMILES string of the molecule is O=C(O)c1cccc(C2=C(c3cc(F)ccc3OCc3cc(F)ccc3F)CCC2)n1. The van der Waals surface area contributed by atoms with Crippen LogP contribution in [0.3, 0.4) is 0 Å². The van der Waals surface area contributed by atoms with Crippen molar-refractivity contribution in [1.82, 2.24) is 4.98 Å². The van der Waals surface area contributed by atoms with E-state index in [1.165, 1.54) is 24.3 Å². The Morgan fingerprint density at radius 1 is 0.968 bits per heavy atom. The Balaban J connectivity index is 1.72. The van der Waals surface area contributed by atoms with Gasteiger partial charge in [-0.15, -0.1) is 0 Å². The summed E-state index contributed by atoms with van der Waals surface area (Å²) >= 11 is 0. The average Bonchev–Trinajstić information content (AvgIpc) is 3.25. The maximum absolute atomic E-state index is 14.1. The molecule has 4 nitrogen and oxygen atoms in total. The molecule has 1 aromatic heterocycles. The topological polar surface area (TPSA) is 59.4 Å². The van der Waals surface area contributed by atoms with Crippen molar-refractivity contribution < 1.29 is 27.8 Å². The van der Waals surface area contributed by atoms with Crippen molar-refractivity contribution in [2.24, 2.45) is 0 Å². The summed E-state index contributed by atoms with van der Waals surface area (Å²) < 4.78 is 47.3. The fourth-order valence-electron chi connectivity index (χ4n) is 3.72. The number of benzene rings is 2. The lowest BCUT2D eigenvalue weighted by atomic mass is 9.98. The maximum Gasteiger partial charge on any atom is 0.354 e. The van der Waals surface area contributed by atoms with Crippen molar-refractivity contribution in [3.63, 3.8) is 0 Å². The lowest BCUT2D eigenvalue weighted by Gasteiger charge is -2.15. The molecule has 1 heterocycles. The summed E-state index contributed by atoms with van der Waals surface area (Å²) in [5.74, 6) is -2.45. The number of ether oxygens (including phenoxy) is 1. The minimum Gasteiger partial charge on any atom is -0.488 e. The van der Waals surface area contributed by atoms with Gasteiger partial charge in [0.1, 0.15) is 35.5 Å². The fraction of sp³-hybridized carbons (Fsp3) is 0.167. The number of carbonyl (C=O) groups is 1. The smallest absolute Gasteiger partial charge is 0.354 e. The molecule has 2 aromatic carbocycles. The van der Waals surface area contributed by atoms with Gasteiger partial charge in [-0.1, -0.05) is 6.07 Å². The number of rotatable bonds is 6. The summed E-state index contributed by atoms with van der Waals surface area (Å²) in [4.78, 5) is 15.5. The Labute approximate surface area is 176 Å². The van der Waals surface area contributed by atoms with Crippen LogP contribution in [-0.4, -0.2) is 16.1 Å². The highest BCUT2D eigenvalue weighted by Crippen LogP contribution is 2.42. The van der Waals surface area contributed by atoms with Crippen molar-refractivity contribution >= 4 is 17.1 Å². The molecule has 7 heteroatoms. The molecular formula is C24H18F3NO3. The van der Waals surface area contributed by atoms with Gasteiger partial charge in [-0.2, -0.15) is 0 Å². The second-order valence-corrected chi connectivity index (χ2v) is 7.19. The van der Waals surface area contributed by atoms with Crippen LogP contribution in [0.15, 0.2) is 54.6 Å². The maximum atomic E-state index is 14.1. The van der Waals surface area contributed by atoms with Crippen LogP contribution in [0.1, 0.15) is 46.6 Å². The van der Waals surface area contributed by atoms with Crippen LogP contribution in [0.5, 0.6) is 5.75 Å². The van der Waals surface area contributed by atoms with Gasteiger partial charge >= 0.3 is 5.97 Å². The van der Waals surface area contributed by atoms with Crippen LogP contribution in [0.2, 0.25) is 0 Å². The van der Waals surface area contributed by atoms with Gasteiger partial charge < -0.3 is 9.84 Å². The predicted octanol–water partition coefficient (Wildman–Crippen LogP) is 5.87. The largest absolute Gasteiger partial charge is 0.488 e. The first kappa shape index (κ1) is 20.7. The average molecular weight is 425 g/mol. The highest BCUT2D eigenvalue weighted by molar-refractivity contribution is 5.94. The number of carboxylic acids is 1. The minimum absolute atomic E-state index is 0.0479. The number of hydrogen-bond acceptors (Lipinski definition) is 3. The second kappa shape index (κ2) is 8.63. The highest BCUT2D eigenvalue weighted by atomic mass is 19.1.